The van der Waals surface area contributed by atoms with Gasteiger partial charge in [0.15, 0.2) is 0 Å². The number of hydrogen-bond donors (Lipinski definition) is 2. The molecule has 4 rings (SSSR count). The van der Waals surface area contributed by atoms with Crippen LogP contribution in [0.4, 0.5) is 23.1 Å². The number of benzene rings is 1. The van der Waals surface area contributed by atoms with E-state index in [-0.39, 0.29) is 4.90 Å². The lowest BCUT2D eigenvalue weighted by atomic mass is 10.1. The largest absolute Gasteiger partial charge is 0.341 e. The minimum Gasteiger partial charge on any atom is -0.341 e. The number of rotatable bonds is 6. The van der Waals surface area contributed by atoms with Crippen LogP contribution in [-0.2, 0) is 17.1 Å². The summed E-state index contributed by atoms with van der Waals surface area (Å²) in [4.78, 5) is 11.7. The Kier molecular flexibility index (Phi) is 6.05. The van der Waals surface area contributed by atoms with Crippen molar-refractivity contribution in [3.63, 3.8) is 0 Å². The highest BCUT2D eigenvalue weighted by Crippen LogP contribution is 2.25. The molecule has 9 nitrogen and oxygen atoms in total. The summed E-state index contributed by atoms with van der Waals surface area (Å²) < 4.78 is 29.9. The van der Waals surface area contributed by atoms with E-state index in [1.807, 2.05) is 25.1 Å². The molecule has 0 saturated carbocycles. The number of hydrogen-bond acceptors (Lipinski definition) is 7. The molecule has 0 radical (unpaired) electrons. The van der Waals surface area contributed by atoms with Crippen LogP contribution < -0.4 is 14.9 Å². The first kappa shape index (κ1) is 22.1. The minimum absolute atomic E-state index is 0.212. The Morgan fingerprint density at radius 2 is 1.59 bits per heavy atom. The molecule has 32 heavy (non-hydrogen) atoms. The van der Waals surface area contributed by atoms with E-state index in [1.165, 1.54) is 6.42 Å². The lowest BCUT2D eigenvalue weighted by Gasteiger charge is -2.27. The molecule has 1 fully saturated rings. The van der Waals surface area contributed by atoms with Crippen molar-refractivity contribution in [3.8, 4) is 0 Å². The molecular weight excluding hydrogens is 426 g/mol. The first-order valence-electron chi connectivity index (χ1n) is 10.7. The van der Waals surface area contributed by atoms with Crippen LogP contribution in [-0.4, -0.2) is 41.3 Å². The van der Waals surface area contributed by atoms with E-state index in [1.54, 1.807) is 37.7 Å². The zero-order chi connectivity index (χ0) is 22.9. The number of anilines is 4. The Bertz CT molecular complexity index is 1210. The maximum atomic E-state index is 12.9. The van der Waals surface area contributed by atoms with Crippen LogP contribution in [0.2, 0.25) is 0 Å². The summed E-state index contributed by atoms with van der Waals surface area (Å²) >= 11 is 0. The van der Waals surface area contributed by atoms with Gasteiger partial charge in [0, 0.05) is 43.3 Å². The molecule has 3 aromatic rings. The maximum absolute atomic E-state index is 12.9. The summed E-state index contributed by atoms with van der Waals surface area (Å²) in [5, 5.41) is 7.50. The number of piperidine rings is 1. The average molecular weight is 456 g/mol. The summed E-state index contributed by atoms with van der Waals surface area (Å²) in [7, 11) is -2.00. The van der Waals surface area contributed by atoms with Gasteiger partial charge in [-0.05, 0) is 64.3 Å². The van der Waals surface area contributed by atoms with Crippen molar-refractivity contribution >= 4 is 33.2 Å². The van der Waals surface area contributed by atoms with Gasteiger partial charge in [-0.25, -0.2) is 13.4 Å². The van der Waals surface area contributed by atoms with Gasteiger partial charge in [0.05, 0.1) is 11.4 Å². The van der Waals surface area contributed by atoms with Gasteiger partial charge in [-0.1, -0.05) is 0 Å². The summed E-state index contributed by atoms with van der Waals surface area (Å²) in [5.74, 6) is 1.46. The van der Waals surface area contributed by atoms with Gasteiger partial charge in [-0.3, -0.25) is 9.40 Å². The first-order valence-corrected chi connectivity index (χ1v) is 12.2. The molecule has 0 aliphatic carbocycles. The molecule has 1 aromatic carbocycles. The van der Waals surface area contributed by atoms with E-state index < -0.39 is 10.0 Å². The standard InChI is InChI=1S/C22H29N7O2S/c1-15-14-20(25-22(23-15)29-12-6-5-7-13-29)24-18-8-10-19(11-9-18)27-32(30,31)21-16(2)26-28(4)17(21)3/h8-11,14,27H,5-7,12-13H2,1-4H3,(H,23,24,25). The SMILES string of the molecule is Cc1cc(Nc2ccc(NS(=O)(=O)c3c(C)nn(C)c3C)cc2)nc(N2CCCCC2)n1. The third-order valence-electron chi connectivity index (χ3n) is 5.60. The highest BCUT2D eigenvalue weighted by Gasteiger charge is 2.23. The molecule has 1 saturated heterocycles. The van der Waals surface area contributed by atoms with E-state index in [0.717, 1.165) is 43.3 Å². The Morgan fingerprint density at radius 1 is 0.938 bits per heavy atom. The Labute approximate surface area is 188 Å². The van der Waals surface area contributed by atoms with Crippen LogP contribution in [0.25, 0.3) is 0 Å². The number of aryl methyl sites for hydroxylation is 3. The molecule has 1 aliphatic heterocycles. The van der Waals surface area contributed by atoms with Gasteiger partial charge in [0.25, 0.3) is 10.0 Å². The molecule has 2 N–H and O–H groups in total. The van der Waals surface area contributed by atoms with E-state index in [4.69, 9.17) is 0 Å². The Balaban J connectivity index is 1.49. The van der Waals surface area contributed by atoms with E-state index in [9.17, 15) is 8.42 Å². The second-order valence-electron chi connectivity index (χ2n) is 8.17. The monoisotopic (exact) mass is 455 g/mol. The zero-order valence-corrected chi connectivity index (χ0v) is 19.7. The van der Waals surface area contributed by atoms with Crippen LogP contribution in [0.15, 0.2) is 35.2 Å². The van der Waals surface area contributed by atoms with Gasteiger partial charge in [0.1, 0.15) is 10.7 Å². The molecule has 0 unspecified atom stereocenters. The summed E-state index contributed by atoms with van der Waals surface area (Å²) in [6.45, 7) is 7.35. The van der Waals surface area contributed by atoms with E-state index >= 15 is 0 Å². The molecule has 0 spiro atoms. The molecule has 3 heterocycles. The fourth-order valence-electron chi connectivity index (χ4n) is 3.97. The molecule has 10 heteroatoms. The van der Waals surface area contributed by atoms with Gasteiger partial charge in [-0.2, -0.15) is 10.1 Å². The maximum Gasteiger partial charge on any atom is 0.265 e. The van der Waals surface area contributed by atoms with E-state index in [0.29, 0.717) is 22.9 Å². The van der Waals surface area contributed by atoms with Gasteiger partial charge in [-0.15, -0.1) is 0 Å². The Hall–Kier alpha value is -3.14. The first-order chi connectivity index (χ1) is 15.2. The van der Waals surface area contributed by atoms with Gasteiger partial charge in [0.2, 0.25) is 5.95 Å². The smallest absolute Gasteiger partial charge is 0.265 e. The van der Waals surface area contributed by atoms with Crippen LogP contribution in [0.3, 0.4) is 0 Å². The second kappa shape index (κ2) is 8.78. The molecule has 170 valence electrons. The van der Waals surface area contributed by atoms with Crippen molar-refractivity contribution in [2.75, 3.05) is 28.0 Å². The van der Waals surface area contributed by atoms with Crippen molar-refractivity contribution in [2.45, 2.75) is 44.9 Å². The number of sulfonamides is 1. The van der Waals surface area contributed by atoms with Crippen molar-refractivity contribution in [1.82, 2.24) is 19.7 Å². The zero-order valence-electron chi connectivity index (χ0n) is 18.9. The molecule has 1 aliphatic rings. The Morgan fingerprint density at radius 3 is 2.22 bits per heavy atom. The molecule has 0 bridgehead atoms. The van der Waals surface area contributed by atoms with Crippen LogP contribution in [0.5, 0.6) is 0 Å². The van der Waals surface area contributed by atoms with Crippen LogP contribution >= 0.6 is 0 Å². The van der Waals surface area contributed by atoms with Crippen molar-refractivity contribution in [2.24, 2.45) is 7.05 Å². The molecule has 2 aromatic heterocycles. The number of nitrogens with one attached hydrogen (secondary N) is 2. The fraction of sp³-hybridized carbons (Fsp3) is 0.409. The summed E-state index contributed by atoms with van der Waals surface area (Å²) in [6.07, 6.45) is 3.58. The lowest BCUT2D eigenvalue weighted by Crippen LogP contribution is -2.31. The lowest BCUT2D eigenvalue weighted by molar-refractivity contribution is 0.568. The molecule has 0 amide bonds. The predicted molar refractivity (Wildman–Crippen MR) is 126 cm³/mol. The molecule has 0 atom stereocenters. The van der Waals surface area contributed by atoms with Crippen LogP contribution in [0, 0.1) is 20.8 Å². The second-order valence-corrected chi connectivity index (χ2v) is 9.79. The van der Waals surface area contributed by atoms with Crippen molar-refractivity contribution in [1.29, 1.82) is 0 Å². The highest BCUT2D eigenvalue weighted by atomic mass is 32.2. The summed E-state index contributed by atoms with van der Waals surface area (Å²) in [5.41, 5.74) is 3.25. The highest BCUT2D eigenvalue weighted by molar-refractivity contribution is 7.92. The van der Waals surface area contributed by atoms with Crippen LogP contribution in [0.1, 0.15) is 36.3 Å². The van der Waals surface area contributed by atoms with Gasteiger partial charge < -0.3 is 10.2 Å². The number of aromatic nitrogens is 4. The van der Waals surface area contributed by atoms with Crippen molar-refractivity contribution < 1.29 is 8.42 Å². The predicted octanol–water partition coefficient (Wildman–Crippen LogP) is 3.67. The van der Waals surface area contributed by atoms with E-state index in [2.05, 4.69) is 30.0 Å². The minimum atomic E-state index is -3.73. The topological polar surface area (TPSA) is 105 Å². The quantitative estimate of drug-likeness (QED) is 0.584. The average Bonchev–Trinajstić information content (AvgIpc) is 3.01. The third-order valence-corrected chi connectivity index (χ3v) is 7.23. The summed E-state index contributed by atoms with van der Waals surface area (Å²) in [6, 6.07) is 8.98. The normalized spacial score (nSPS) is 14.4. The third kappa shape index (κ3) is 4.69. The van der Waals surface area contributed by atoms with Gasteiger partial charge >= 0.3 is 0 Å². The number of nitrogens with zero attached hydrogens (tertiary/aromatic N) is 5. The van der Waals surface area contributed by atoms with Crippen molar-refractivity contribution in [3.05, 3.63) is 47.4 Å². The molecular formula is C22H29N7O2S. The fourth-order valence-corrected chi connectivity index (χ4v) is 5.47.